The summed E-state index contributed by atoms with van der Waals surface area (Å²) >= 11 is 0. The number of anilines is 1. The van der Waals surface area contributed by atoms with Gasteiger partial charge in [-0.05, 0) is 30.3 Å². The average molecular weight is 241 g/mol. The van der Waals surface area contributed by atoms with Crippen LogP contribution in [0.3, 0.4) is 0 Å². The maximum Gasteiger partial charge on any atom is 0.258 e. The van der Waals surface area contributed by atoms with Gasteiger partial charge >= 0.3 is 0 Å². The molecule has 5 heteroatoms. The summed E-state index contributed by atoms with van der Waals surface area (Å²) in [5.41, 5.74) is 0.582. The number of benzene rings is 1. The predicted octanol–water partition coefficient (Wildman–Crippen LogP) is 2.34. The first kappa shape index (κ1) is 11.7. The molecule has 1 aromatic carbocycles. The largest absolute Gasteiger partial charge is 0.322 e. The molecule has 1 heterocycles. The predicted molar refractivity (Wildman–Crippen MR) is 63.3 cm³/mol. The molecular formula is C13H8FN3O. The van der Waals surface area contributed by atoms with Crippen LogP contribution in [0.25, 0.3) is 0 Å². The lowest BCUT2D eigenvalue weighted by molar-refractivity contribution is 0.102. The van der Waals surface area contributed by atoms with Gasteiger partial charge in [-0.2, -0.15) is 5.26 Å². The topological polar surface area (TPSA) is 65.8 Å². The first-order valence-electron chi connectivity index (χ1n) is 5.12. The van der Waals surface area contributed by atoms with Gasteiger partial charge in [0.2, 0.25) is 0 Å². The highest BCUT2D eigenvalue weighted by Gasteiger charge is 2.12. The molecule has 0 spiro atoms. The zero-order valence-electron chi connectivity index (χ0n) is 9.22. The molecule has 0 aliphatic heterocycles. The van der Waals surface area contributed by atoms with E-state index in [0.717, 1.165) is 6.07 Å². The van der Waals surface area contributed by atoms with Gasteiger partial charge in [0.25, 0.3) is 5.91 Å². The van der Waals surface area contributed by atoms with Gasteiger partial charge in [-0.25, -0.2) is 4.39 Å². The van der Waals surface area contributed by atoms with Crippen molar-refractivity contribution >= 4 is 11.6 Å². The van der Waals surface area contributed by atoms with Crippen molar-refractivity contribution in [3.8, 4) is 6.07 Å². The Kier molecular flexibility index (Phi) is 3.30. The molecule has 0 bridgehead atoms. The zero-order chi connectivity index (χ0) is 13.0. The molecule has 0 fully saturated rings. The fraction of sp³-hybridized carbons (Fsp3) is 0. The van der Waals surface area contributed by atoms with Crippen molar-refractivity contribution in [2.45, 2.75) is 0 Å². The van der Waals surface area contributed by atoms with E-state index in [1.54, 1.807) is 12.1 Å². The molecule has 1 aromatic heterocycles. The van der Waals surface area contributed by atoms with Crippen LogP contribution in [0.1, 0.15) is 15.9 Å². The molecule has 1 amide bonds. The SMILES string of the molecule is N#Cc1ccc(F)c(C(=O)Nc2ccncc2)c1. The van der Waals surface area contributed by atoms with E-state index in [1.807, 2.05) is 6.07 Å². The Morgan fingerprint density at radius 1 is 1.28 bits per heavy atom. The lowest BCUT2D eigenvalue weighted by Crippen LogP contribution is -2.14. The molecule has 0 radical (unpaired) electrons. The van der Waals surface area contributed by atoms with Crippen LogP contribution in [0.2, 0.25) is 0 Å². The molecule has 0 atom stereocenters. The molecule has 2 rings (SSSR count). The summed E-state index contributed by atoms with van der Waals surface area (Å²) in [6.07, 6.45) is 3.02. The molecule has 2 aromatic rings. The summed E-state index contributed by atoms with van der Waals surface area (Å²) in [4.78, 5) is 15.6. The molecule has 88 valence electrons. The highest BCUT2D eigenvalue weighted by atomic mass is 19.1. The maximum absolute atomic E-state index is 13.5. The summed E-state index contributed by atoms with van der Waals surface area (Å²) < 4.78 is 13.5. The van der Waals surface area contributed by atoms with E-state index in [9.17, 15) is 9.18 Å². The molecule has 18 heavy (non-hydrogen) atoms. The number of hydrogen-bond donors (Lipinski definition) is 1. The van der Waals surface area contributed by atoms with Crippen LogP contribution in [0, 0.1) is 17.1 Å². The van der Waals surface area contributed by atoms with E-state index in [-0.39, 0.29) is 11.1 Å². The third-order valence-corrected chi connectivity index (χ3v) is 2.28. The molecule has 1 N–H and O–H groups in total. The third kappa shape index (κ3) is 2.50. The minimum atomic E-state index is -0.666. The van der Waals surface area contributed by atoms with E-state index >= 15 is 0 Å². The van der Waals surface area contributed by atoms with Crippen LogP contribution in [0.15, 0.2) is 42.7 Å². The normalized spacial score (nSPS) is 9.56. The van der Waals surface area contributed by atoms with E-state index < -0.39 is 11.7 Å². The molecule has 0 aliphatic carbocycles. The molecule has 4 nitrogen and oxygen atoms in total. The van der Waals surface area contributed by atoms with Crippen molar-refractivity contribution < 1.29 is 9.18 Å². The number of pyridine rings is 1. The number of halogens is 1. The summed E-state index contributed by atoms with van der Waals surface area (Å²) in [7, 11) is 0. The second kappa shape index (κ2) is 5.06. The number of nitrogens with zero attached hydrogens (tertiary/aromatic N) is 2. The number of amides is 1. The lowest BCUT2D eigenvalue weighted by atomic mass is 10.1. The standard InChI is InChI=1S/C13H8FN3O/c14-12-2-1-9(8-15)7-11(12)13(18)17-10-3-5-16-6-4-10/h1-7H,(H,16,17,18). The molecule has 0 saturated carbocycles. The van der Waals surface area contributed by atoms with Crippen molar-refractivity contribution in [2.75, 3.05) is 5.32 Å². The summed E-state index contributed by atoms with van der Waals surface area (Å²) in [6, 6.07) is 8.66. The molecule has 0 aliphatic rings. The number of carbonyl (C=O) groups excluding carboxylic acids is 1. The van der Waals surface area contributed by atoms with Gasteiger partial charge in [0.15, 0.2) is 0 Å². The van der Waals surface area contributed by atoms with Crippen molar-refractivity contribution in [3.63, 3.8) is 0 Å². The number of rotatable bonds is 2. The molecular weight excluding hydrogens is 233 g/mol. The van der Waals surface area contributed by atoms with Gasteiger partial charge in [-0.3, -0.25) is 9.78 Å². The van der Waals surface area contributed by atoms with Crippen LogP contribution in [0.4, 0.5) is 10.1 Å². The third-order valence-electron chi connectivity index (χ3n) is 2.28. The van der Waals surface area contributed by atoms with Crippen LogP contribution in [-0.4, -0.2) is 10.9 Å². The van der Waals surface area contributed by atoms with E-state index in [4.69, 9.17) is 5.26 Å². The number of aromatic nitrogens is 1. The average Bonchev–Trinajstić information content (AvgIpc) is 2.40. The number of nitriles is 1. The van der Waals surface area contributed by atoms with Crippen molar-refractivity contribution in [1.82, 2.24) is 4.98 Å². The van der Waals surface area contributed by atoms with Gasteiger partial charge in [-0.15, -0.1) is 0 Å². The molecule has 0 saturated heterocycles. The highest BCUT2D eigenvalue weighted by Crippen LogP contribution is 2.13. The maximum atomic E-state index is 13.5. The number of carbonyl (C=O) groups is 1. The number of hydrogen-bond acceptors (Lipinski definition) is 3. The van der Waals surface area contributed by atoms with Crippen molar-refractivity contribution in [3.05, 3.63) is 59.7 Å². The smallest absolute Gasteiger partial charge is 0.258 e. The fourth-order valence-corrected chi connectivity index (χ4v) is 1.40. The first-order chi connectivity index (χ1) is 8.70. The van der Waals surface area contributed by atoms with E-state index in [2.05, 4.69) is 10.3 Å². The van der Waals surface area contributed by atoms with Crippen LogP contribution < -0.4 is 5.32 Å². The summed E-state index contributed by atoms with van der Waals surface area (Å²) in [6.45, 7) is 0. The highest BCUT2D eigenvalue weighted by molar-refractivity contribution is 6.04. The van der Waals surface area contributed by atoms with Crippen LogP contribution >= 0.6 is 0 Å². The second-order valence-electron chi connectivity index (χ2n) is 3.50. The summed E-state index contributed by atoms with van der Waals surface area (Å²) in [5.74, 6) is -1.27. The Bertz CT molecular complexity index is 620. The van der Waals surface area contributed by atoms with E-state index in [1.165, 1.54) is 24.5 Å². The van der Waals surface area contributed by atoms with Crippen LogP contribution in [0.5, 0.6) is 0 Å². The van der Waals surface area contributed by atoms with Gasteiger partial charge < -0.3 is 5.32 Å². The number of nitrogens with one attached hydrogen (secondary N) is 1. The van der Waals surface area contributed by atoms with Crippen LogP contribution in [-0.2, 0) is 0 Å². The second-order valence-corrected chi connectivity index (χ2v) is 3.50. The van der Waals surface area contributed by atoms with Gasteiger partial charge in [0, 0.05) is 18.1 Å². The Balaban J connectivity index is 2.27. The zero-order valence-corrected chi connectivity index (χ0v) is 9.22. The lowest BCUT2D eigenvalue weighted by Gasteiger charge is -2.05. The Hall–Kier alpha value is -2.74. The van der Waals surface area contributed by atoms with Gasteiger partial charge in [-0.1, -0.05) is 0 Å². The monoisotopic (exact) mass is 241 g/mol. The minimum absolute atomic E-state index is 0.161. The van der Waals surface area contributed by atoms with Gasteiger partial charge in [0.1, 0.15) is 5.82 Å². The van der Waals surface area contributed by atoms with Crippen molar-refractivity contribution in [2.24, 2.45) is 0 Å². The minimum Gasteiger partial charge on any atom is -0.322 e. The first-order valence-corrected chi connectivity index (χ1v) is 5.12. The molecule has 0 unspecified atom stereocenters. The summed E-state index contributed by atoms with van der Waals surface area (Å²) in [5, 5.41) is 11.2. The fourth-order valence-electron chi connectivity index (χ4n) is 1.40. The Labute approximate surface area is 103 Å². The van der Waals surface area contributed by atoms with E-state index in [0.29, 0.717) is 5.69 Å². The quantitative estimate of drug-likeness (QED) is 0.877. The Morgan fingerprint density at radius 2 is 2.00 bits per heavy atom. The van der Waals surface area contributed by atoms with Crippen molar-refractivity contribution in [1.29, 1.82) is 5.26 Å². The Morgan fingerprint density at radius 3 is 2.67 bits per heavy atom. The van der Waals surface area contributed by atoms with Gasteiger partial charge in [0.05, 0.1) is 17.2 Å².